The molecule has 2 heterocycles. The lowest BCUT2D eigenvalue weighted by Gasteiger charge is -2.38. The van der Waals surface area contributed by atoms with E-state index in [-0.39, 0.29) is 24.7 Å². The van der Waals surface area contributed by atoms with Crippen molar-refractivity contribution in [3.05, 3.63) is 128 Å². The second-order valence-corrected chi connectivity index (χ2v) is 13.8. The molecule has 6 rings (SSSR count). The third-order valence-electron chi connectivity index (χ3n) is 9.20. The van der Waals surface area contributed by atoms with Gasteiger partial charge in [-0.25, -0.2) is 0 Å². The number of ether oxygens (including phenoxy) is 1. The van der Waals surface area contributed by atoms with Crippen LogP contribution in [-0.4, -0.2) is 74.0 Å². The molecule has 4 aromatic rings. The molecule has 0 saturated carbocycles. The van der Waals surface area contributed by atoms with Gasteiger partial charge in [0.05, 0.1) is 56.5 Å². The molecule has 4 aromatic carbocycles. The van der Waals surface area contributed by atoms with Gasteiger partial charge in [0.2, 0.25) is 11.8 Å². The van der Waals surface area contributed by atoms with Crippen LogP contribution in [0.2, 0.25) is 20.1 Å². The maximum atomic E-state index is 13.8. The van der Waals surface area contributed by atoms with Crippen LogP contribution >= 0.6 is 46.4 Å². The molecule has 7 nitrogen and oxygen atoms in total. The van der Waals surface area contributed by atoms with Gasteiger partial charge in [-0.05, 0) is 35.4 Å². The molecule has 2 amide bonds. The minimum atomic E-state index is -0.547. The molecule has 0 radical (unpaired) electrons. The molecule has 11 heteroatoms. The molecule has 2 aliphatic heterocycles. The number of anilines is 2. The van der Waals surface area contributed by atoms with Gasteiger partial charge in [0, 0.05) is 52.4 Å². The van der Waals surface area contributed by atoms with Gasteiger partial charge < -0.3 is 24.3 Å². The van der Waals surface area contributed by atoms with Gasteiger partial charge in [0.15, 0.2) is 0 Å². The number of halogens is 4. The van der Waals surface area contributed by atoms with Crippen LogP contribution in [-0.2, 0) is 14.3 Å². The van der Waals surface area contributed by atoms with Crippen molar-refractivity contribution < 1.29 is 14.3 Å². The average Bonchev–Trinajstić information content (AvgIpc) is 3.14. The van der Waals surface area contributed by atoms with E-state index in [1.807, 2.05) is 94.7 Å². The van der Waals surface area contributed by atoms with E-state index in [0.29, 0.717) is 72.4 Å². The van der Waals surface area contributed by atoms with Crippen molar-refractivity contribution in [3.8, 4) is 0 Å². The predicted molar refractivity (Wildman–Crippen MR) is 199 cm³/mol. The van der Waals surface area contributed by atoms with Crippen molar-refractivity contribution in [2.45, 2.75) is 25.0 Å². The van der Waals surface area contributed by atoms with Crippen LogP contribution in [0.25, 0.3) is 0 Å². The number of carbonyl (C=O) groups excluding carboxylic acids is 2. The Morgan fingerprint density at radius 1 is 0.510 bits per heavy atom. The summed E-state index contributed by atoms with van der Waals surface area (Å²) in [6, 6.07) is 30.7. The molecular weight excluding hydrogens is 702 g/mol. The minimum absolute atomic E-state index is 0.000342. The first-order valence-electron chi connectivity index (χ1n) is 16.5. The summed E-state index contributed by atoms with van der Waals surface area (Å²) in [5.41, 5.74) is 3.52. The highest BCUT2D eigenvalue weighted by Crippen LogP contribution is 2.36. The summed E-state index contributed by atoms with van der Waals surface area (Å²) in [7, 11) is 0. The molecule has 0 spiro atoms. The summed E-state index contributed by atoms with van der Waals surface area (Å²) >= 11 is 25.5. The first kappa shape index (κ1) is 35.4. The SMILES string of the molecule is O=C(CC(OC(CC(=O)N1CCN(c2cccc(Cl)c2Cl)CC1)c1ccccc1)c1ccccc1)N1CCN(c2cccc(Cl)c2Cl)CC1. The highest BCUT2D eigenvalue weighted by atomic mass is 35.5. The zero-order valence-electron chi connectivity index (χ0n) is 27.0. The second kappa shape index (κ2) is 16.5. The second-order valence-electron chi connectivity index (χ2n) is 12.2. The normalized spacial score (nSPS) is 16.4. The Hall–Kier alpha value is -3.46. The van der Waals surface area contributed by atoms with Crippen LogP contribution < -0.4 is 9.80 Å². The van der Waals surface area contributed by atoms with E-state index in [2.05, 4.69) is 9.80 Å². The first-order chi connectivity index (χ1) is 23.8. The van der Waals surface area contributed by atoms with E-state index in [1.54, 1.807) is 12.1 Å². The van der Waals surface area contributed by atoms with Crippen molar-refractivity contribution in [1.29, 1.82) is 0 Å². The van der Waals surface area contributed by atoms with E-state index in [0.717, 1.165) is 22.5 Å². The number of carbonyl (C=O) groups is 2. The van der Waals surface area contributed by atoms with Gasteiger partial charge in [-0.3, -0.25) is 9.59 Å². The quantitative estimate of drug-likeness (QED) is 0.163. The van der Waals surface area contributed by atoms with Crippen molar-refractivity contribution in [2.75, 3.05) is 62.2 Å². The Balaban J connectivity index is 1.13. The largest absolute Gasteiger partial charge is 0.367 e. The average molecular weight is 741 g/mol. The third-order valence-corrected chi connectivity index (χ3v) is 10.8. The lowest BCUT2D eigenvalue weighted by Crippen LogP contribution is -2.49. The molecule has 2 atom stereocenters. The number of rotatable bonds is 10. The monoisotopic (exact) mass is 738 g/mol. The highest BCUT2D eigenvalue weighted by Gasteiger charge is 2.31. The molecule has 2 saturated heterocycles. The Morgan fingerprint density at radius 3 is 1.24 bits per heavy atom. The first-order valence-corrected chi connectivity index (χ1v) is 18.0. The fourth-order valence-corrected chi connectivity index (χ4v) is 7.30. The molecule has 0 aliphatic carbocycles. The minimum Gasteiger partial charge on any atom is -0.367 e. The van der Waals surface area contributed by atoms with Gasteiger partial charge in [0.25, 0.3) is 0 Å². The Labute approximate surface area is 307 Å². The van der Waals surface area contributed by atoms with Gasteiger partial charge in [-0.2, -0.15) is 0 Å². The number of nitrogens with zero attached hydrogens (tertiary/aromatic N) is 4. The van der Waals surface area contributed by atoms with Crippen LogP contribution in [0.3, 0.4) is 0 Å². The number of benzene rings is 4. The lowest BCUT2D eigenvalue weighted by atomic mass is 10.0. The molecule has 49 heavy (non-hydrogen) atoms. The predicted octanol–water partition coefficient (Wildman–Crippen LogP) is 8.58. The zero-order chi connectivity index (χ0) is 34.3. The van der Waals surface area contributed by atoms with Crippen LogP contribution in [0.1, 0.15) is 36.2 Å². The molecule has 2 unspecified atom stereocenters. The number of hydrogen-bond acceptors (Lipinski definition) is 5. The van der Waals surface area contributed by atoms with Crippen LogP contribution in [0.4, 0.5) is 11.4 Å². The van der Waals surface area contributed by atoms with E-state index in [1.165, 1.54) is 0 Å². The Morgan fingerprint density at radius 2 is 0.878 bits per heavy atom. The maximum Gasteiger partial charge on any atom is 0.225 e. The topological polar surface area (TPSA) is 56.3 Å². The van der Waals surface area contributed by atoms with E-state index < -0.39 is 12.2 Å². The summed E-state index contributed by atoms with van der Waals surface area (Å²) < 4.78 is 6.80. The third kappa shape index (κ3) is 8.65. The Kier molecular flexibility index (Phi) is 11.9. The number of piperazine rings is 2. The fraction of sp³-hybridized carbons (Fsp3) is 0.316. The summed E-state index contributed by atoms with van der Waals surface area (Å²) in [5, 5.41) is 2.07. The van der Waals surface area contributed by atoms with Crippen molar-refractivity contribution in [2.24, 2.45) is 0 Å². The highest BCUT2D eigenvalue weighted by molar-refractivity contribution is 6.44. The summed E-state index contributed by atoms with van der Waals surface area (Å²) in [6.45, 7) is 4.76. The summed E-state index contributed by atoms with van der Waals surface area (Å²) in [5.74, 6) is -0.000685. The van der Waals surface area contributed by atoms with Crippen LogP contribution in [0.5, 0.6) is 0 Å². The lowest BCUT2D eigenvalue weighted by molar-refractivity contribution is -0.139. The molecule has 0 N–H and O–H groups in total. The smallest absolute Gasteiger partial charge is 0.225 e. The summed E-state index contributed by atoms with van der Waals surface area (Å²) in [6.07, 6.45) is -0.792. The molecule has 2 aliphatic rings. The molecule has 256 valence electrons. The van der Waals surface area contributed by atoms with Gasteiger partial charge in [-0.15, -0.1) is 0 Å². The number of amides is 2. The van der Waals surface area contributed by atoms with Crippen molar-refractivity contribution in [1.82, 2.24) is 9.80 Å². The van der Waals surface area contributed by atoms with Gasteiger partial charge in [-0.1, -0.05) is 119 Å². The van der Waals surface area contributed by atoms with E-state index in [4.69, 9.17) is 51.1 Å². The fourth-order valence-electron chi connectivity index (χ4n) is 6.46. The molecule has 2 fully saturated rings. The van der Waals surface area contributed by atoms with Crippen LogP contribution in [0.15, 0.2) is 97.1 Å². The van der Waals surface area contributed by atoms with Crippen molar-refractivity contribution in [3.63, 3.8) is 0 Å². The summed E-state index contributed by atoms with van der Waals surface area (Å²) in [4.78, 5) is 35.7. The van der Waals surface area contributed by atoms with E-state index >= 15 is 0 Å². The van der Waals surface area contributed by atoms with Crippen LogP contribution in [0, 0.1) is 0 Å². The van der Waals surface area contributed by atoms with Gasteiger partial charge in [0.1, 0.15) is 0 Å². The molecule has 0 aromatic heterocycles. The Bertz CT molecular complexity index is 1600. The molecule has 0 bridgehead atoms. The van der Waals surface area contributed by atoms with Gasteiger partial charge >= 0.3 is 0 Å². The number of hydrogen-bond donors (Lipinski definition) is 0. The maximum absolute atomic E-state index is 13.8. The standard InChI is InChI=1S/C38H38Cl4N4O3/c39-29-13-7-15-31(37(29)41)43-17-21-45(22-18-43)35(47)25-33(27-9-3-1-4-10-27)49-34(28-11-5-2-6-12-28)26-36(48)46-23-19-44(20-24-46)32-16-8-14-30(40)38(32)42/h1-16,33-34H,17-26H2. The zero-order valence-corrected chi connectivity index (χ0v) is 30.0. The van der Waals surface area contributed by atoms with E-state index in [9.17, 15) is 9.59 Å². The molecular formula is C38H38Cl4N4O3. The van der Waals surface area contributed by atoms with Crippen molar-refractivity contribution >= 4 is 69.6 Å².